The summed E-state index contributed by atoms with van der Waals surface area (Å²) in [4.78, 5) is 5.17. The summed E-state index contributed by atoms with van der Waals surface area (Å²) >= 11 is 0. The second-order valence-electron chi connectivity index (χ2n) is 6.13. The second kappa shape index (κ2) is 6.27. The summed E-state index contributed by atoms with van der Waals surface area (Å²) in [6.45, 7) is 5.73. The van der Waals surface area contributed by atoms with E-state index in [0.29, 0.717) is 5.56 Å². The SMILES string of the molecule is Cc1ccc(S(=O)(=O)/N=C2/C(=[N+]=[N-])c3ccccc3N2C(C)C)cc1. The Morgan fingerprint density at radius 2 is 1.72 bits per heavy atom. The standard InChI is InChI=1S/C18H18N4O2S/c1-12(2)22-16-7-5-4-6-15(16)17(20-19)18(22)21-25(23,24)14-10-8-13(3)9-11-14/h4-12H,1-3H3/b21-18-. The third-order valence-electron chi connectivity index (χ3n) is 4.00. The molecule has 128 valence electrons. The van der Waals surface area contributed by atoms with Crippen molar-refractivity contribution in [2.24, 2.45) is 4.40 Å². The lowest BCUT2D eigenvalue weighted by atomic mass is 10.1. The molecular weight excluding hydrogens is 336 g/mol. The number of fused-ring (bicyclic) bond motifs is 1. The van der Waals surface area contributed by atoms with E-state index >= 15 is 0 Å². The zero-order chi connectivity index (χ0) is 18.2. The normalized spacial score (nSPS) is 15.6. The lowest BCUT2D eigenvalue weighted by molar-refractivity contribution is -0.000225. The van der Waals surface area contributed by atoms with E-state index in [1.807, 2.05) is 32.9 Å². The minimum Gasteiger partial charge on any atom is -0.361 e. The van der Waals surface area contributed by atoms with Crippen molar-refractivity contribution in [3.63, 3.8) is 0 Å². The first-order chi connectivity index (χ1) is 11.8. The van der Waals surface area contributed by atoms with Crippen LogP contribution in [0.4, 0.5) is 5.69 Å². The van der Waals surface area contributed by atoms with Crippen molar-refractivity contribution in [3.05, 3.63) is 65.2 Å². The van der Waals surface area contributed by atoms with Gasteiger partial charge in [0.15, 0.2) is 0 Å². The van der Waals surface area contributed by atoms with Crippen LogP contribution in [0.2, 0.25) is 0 Å². The molecule has 25 heavy (non-hydrogen) atoms. The van der Waals surface area contributed by atoms with Gasteiger partial charge in [-0.1, -0.05) is 29.8 Å². The number of anilines is 1. The number of para-hydroxylation sites is 1. The highest BCUT2D eigenvalue weighted by Crippen LogP contribution is 2.31. The third kappa shape index (κ3) is 2.99. The van der Waals surface area contributed by atoms with Gasteiger partial charge in [0.1, 0.15) is 0 Å². The summed E-state index contributed by atoms with van der Waals surface area (Å²) in [5.74, 6) is 0.124. The van der Waals surface area contributed by atoms with Crippen LogP contribution in [0.25, 0.3) is 5.53 Å². The fourth-order valence-electron chi connectivity index (χ4n) is 2.82. The molecule has 2 aromatic carbocycles. The van der Waals surface area contributed by atoms with Gasteiger partial charge in [-0.3, -0.25) is 0 Å². The molecule has 7 heteroatoms. The Morgan fingerprint density at radius 1 is 1.08 bits per heavy atom. The van der Waals surface area contributed by atoms with Crippen molar-refractivity contribution in [1.82, 2.24) is 0 Å². The van der Waals surface area contributed by atoms with E-state index < -0.39 is 10.0 Å². The van der Waals surface area contributed by atoms with Crippen LogP contribution in [-0.4, -0.2) is 30.8 Å². The summed E-state index contributed by atoms with van der Waals surface area (Å²) in [5, 5.41) is 0. The van der Waals surface area contributed by atoms with Gasteiger partial charge in [0.2, 0.25) is 5.84 Å². The molecule has 0 N–H and O–H groups in total. The Balaban J connectivity index is 2.19. The van der Waals surface area contributed by atoms with Gasteiger partial charge in [0.05, 0.1) is 16.1 Å². The predicted molar refractivity (Wildman–Crippen MR) is 97.6 cm³/mol. The number of hydrogen-bond donors (Lipinski definition) is 0. The van der Waals surface area contributed by atoms with Gasteiger partial charge in [-0.2, -0.15) is 13.2 Å². The smallest absolute Gasteiger partial charge is 0.361 e. The molecule has 1 heterocycles. The average Bonchev–Trinajstić information content (AvgIpc) is 2.87. The van der Waals surface area contributed by atoms with Gasteiger partial charge in [0, 0.05) is 6.04 Å². The Labute approximate surface area is 147 Å². The number of rotatable bonds is 3. The largest absolute Gasteiger partial charge is 0.367 e. The van der Waals surface area contributed by atoms with Gasteiger partial charge in [-0.05, 0) is 45.0 Å². The molecule has 6 nitrogen and oxygen atoms in total. The van der Waals surface area contributed by atoms with E-state index in [0.717, 1.165) is 11.3 Å². The Bertz CT molecular complexity index is 1000. The molecule has 3 rings (SSSR count). The first-order valence-electron chi connectivity index (χ1n) is 7.88. The van der Waals surface area contributed by atoms with Crippen LogP contribution in [0.15, 0.2) is 57.8 Å². The summed E-state index contributed by atoms with van der Waals surface area (Å²) in [6.07, 6.45) is 0. The molecule has 0 amide bonds. The first kappa shape index (κ1) is 17.1. The molecule has 2 aromatic rings. The maximum absolute atomic E-state index is 12.7. The number of sulfonamides is 1. The van der Waals surface area contributed by atoms with E-state index in [4.69, 9.17) is 0 Å². The van der Waals surface area contributed by atoms with Gasteiger partial charge < -0.3 is 10.4 Å². The highest BCUT2D eigenvalue weighted by atomic mass is 32.2. The van der Waals surface area contributed by atoms with Crippen molar-refractivity contribution in [2.75, 3.05) is 4.90 Å². The van der Waals surface area contributed by atoms with E-state index in [-0.39, 0.29) is 22.5 Å². The minimum atomic E-state index is -3.93. The molecule has 0 unspecified atom stereocenters. The topological polar surface area (TPSA) is 86.1 Å². The quantitative estimate of drug-likeness (QED) is 0.627. The first-order valence-corrected chi connectivity index (χ1v) is 9.32. The molecule has 0 atom stereocenters. The summed E-state index contributed by atoms with van der Waals surface area (Å²) < 4.78 is 29.5. The predicted octanol–water partition coefficient (Wildman–Crippen LogP) is 3.03. The van der Waals surface area contributed by atoms with Crippen molar-refractivity contribution >= 4 is 27.3 Å². The van der Waals surface area contributed by atoms with Crippen LogP contribution >= 0.6 is 0 Å². The van der Waals surface area contributed by atoms with Crippen molar-refractivity contribution < 1.29 is 13.2 Å². The number of nitrogens with zero attached hydrogens (tertiary/aromatic N) is 4. The highest BCUT2D eigenvalue weighted by molar-refractivity contribution is 7.90. The fourth-order valence-corrected chi connectivity index (χ4v) is 3.81. The molecule has 0 spiro atoms. The fraction of sp³-hybridized carbons (Fsp3) is 0.222. The molecule has 0 saturated carbocycles. The number of benzene rings is 2. The molecular formula is C18H18N4O2S. The number of hydrogen-bond acceptors (Lipinski definition) is 2. The Kier molecular flexibility index (Phi) is 4.29. The molecule has 1 aliphatic rings. The molecule has 0 bridgehead atoms. The maximum atomic E-state index is 12.7. The lowest BCUT2D eigenvalue weighted by Crippen LogP contribution is -2.37. The monoisotopic (exact) mass is 354 g/mol. The van der Waals surface area contributed by atoms with Crippen LogP contribution in [0.1, 0.15) is 25.0 Å². The van der Waals surface area contributed by atoms with E-state index in [1.165, 1.54) is 12.1 Å². The van der Waals surface area contributed by atoms with Crippen molar-refractivity contribution in [2.45, 2.75) is 31.7 Å². The van der Waals surface area contributed by atoms with Gasteiger partial charge >= 0.3 is 5.71 Å². The number of amidine groups is 1. The maximum Gasteiger partial charge on any atom is 0.367 e. The van der Waals surface area contributed by atoms with Gasteiger partial charge in [-0.15, -0.1) is 4.40 Å². The van der Waals surface area contributed by atoms with Gasteiger partial charge in [0.25, 0.3) is 10.0 Å². The van der Waals surface area contributed by atoms with Crippen LogP contribution < -0.4 is 4.90 Å². The molecule has 1 aliphatic heterocycles. The second-order valence-corrected chi connectivity index (χ2v) is 7.74. The third-order valence-corrected chi connectivity index (χ3v) is 5.28. The summed E-state index contributed by atoms with van der Waals surface area (Å²) in [7, 11) is -3.93. The summed E-state index contributed by atoms with van der Waals surface area (Å²) in [5.41, 5.74) is 12.0. The molecule has 0 aromatic heterocycles. The van der Waals surface area contributed by atoms with Crippen LogP contribution in [0, 0.1) is 6.92 Å². The molecule has 0 aliphatic carbocycles. The average molecular weight is 354 g/mol. The van der Waals surface area contributed by atoms with Crippen LogP contribution in [0.5, 0.6) is 0 Å². The van der Waals surface area contributed by atoms with E-state index in [9.17, 15) is 13.9 Å². The van der Waals surface area contributed by atoms with Crippen LogP contribution in [-0.2, 0) is 10.0 Å². The zero-order valence-corrected chi connectivity index (χ0v) is 15.0. The Morgan fingerprint density at radius 3 is 2.32 bits per heavy atom. The van der Waals surface area contributed by atoms with Crippen LogP contribution in [0.3, 0.4) is 0 Å². The molecule has 0 saturated heterocycles. The minimum absolute atomic E-state index is 0.0626. The zero-order valence-electron chi connectivity index (χ0n) is 14.2. The van der Waals surface area contributed by atoms with E-state index in [1.54, 1.807) is 29.2 Å². The highest BCUT2D eigenvalue weighted by Gasteiger charge is 2.41. The molecule has 0 radical (unpaired) electrons. The van der Waals surface area contributed by atoms with E-state index in [2.05, 4.69) is 9.19 Å². The number of aryl methyl sites for hydroxylation is 1. The van der Waals surface area contributed by atoms with Crippen molar-refractivity contribution in [3.8, 4) is 0 Å². The van der Waals surface area contributed by atoms with Crippen molar-refractivity contribution in [1.29, 1.82) is 0 Å². The summed E-state index contributed by atoms with van der Waals surface area (Å²) in [6, 6.07) is 13.7. The Hall–Kier alpha value is -2.76. The lowest BCUT2D eigenvalue weighted by Gasteiger charge is -2.22. The van der Waals surface area contributed by atoms with Gasteiger partial charge in [-0.25, -0.2) is 0 Å². The molecule has 0 fully saturated rings.